The smallest absolute Gasteiger partial charge is 0.341 e. The molecular weight excluding hydrogens is 452 g/mol. The van der Waals surface area contributed by atoms with E-state index >= 15 is 0 Å². The molecule has 3 N–H and O–H groups in total. The van der Waals surface area contributed by atoms with Crippen molar-refractivity contribution in [2.75, 3.05) is 31.4 Å². The standard InChI is InChI=1S/C21H30N4O5S2/c1-11(2)9-25-14(5)13(4)23-21(25)31-10-15(26)24-19-16(20(28)30-8-7-29-6)12(3)17(32-19)18(22)27/h11H,7-10H2,1-6H3,(H2,22,27)(H,24,26). The van der Waals surface area contributed by atoms with E-state index in [2.05, 4.69) is 28.7 Å². The summed E-state index contributed by atoms with van der Waals surface area (Å²) in [5.41, 5.74) is 7.94. The molecular formula is C21H30N4O5S2. The third-order valence-electron chi connectivity index (χ3n) is 4.65. The molecule has 0 aromatic carbocycles. The van der Waals surface area contributed by atoms with Crippen LogP contribution in [0.3, 0.4) is 0 Å². The van der Waals surface area contributed by atoms with Crippen molar-refractivity contribution < 1.29 is 23.9 Å². The van der Waals surface area contributed by atoms with Gasteiger partial charge < -0.3 is 25.1 Å². The van der Waals surface area contributed by atoms with Crippen LogP contribution in [0, 0.1) is 26.7 Å². The Kier molecular flexibility index (Phi) is 9.29. The molecule has 0 atom stereocenters. The first-order valence-electron chi connectivity index (χ1n) is 10.1. The summed E-state index contributed by atoms with van der Waals surface area (Å²) in [5, 5.41) is 3.74. The lowest BCUT2D eigenvalue weighted by molar-refractivity contribution is -0.113. The topological polar surface area (TPSA) is 126 Å². The number of anilines is 1. The minimum absolute atomic E-state index is 0.0526. The third-order valence-corrected chi connectivity index (χ3v) is 6.85. The number of aryl methyl sites for hydroxylation is 1. The molecule has 2 heterocycles. The van der Waals surface area contributed by atoms with Crippen molar-refractivity contribution in [2.24, 2.45) is 11.7 Å². The second kappa shape index (κ2) is 11.5. The lowest BCUT2D eigenvalue weighted by Gasteiger charge is -2.12. The Labute approximate surface area is 196 Å². The fourth-order valence-corrected chi connectivity index (χ4v) is 4.94. The lowest BCUT2D eigenvalue weighted by Crippen LogP contribution is -2.18. The molecule has 0 aliphatic heterocycles. The van der Waals surface area contributed by atoms with Crippen molar-refractivity contribution in [3.05, 3.63) is 27.4 Å². The zero-order chi connectivity index (χ0) is 24.0. The van der Waals surface area contributed by atoms with Gasteiger partial charge in [-0.25, -0.2) is 9.78 Å². The molecule has 0 saturated carbocycles. The molecule has 0 aliphatic carbocycles. The molecule has 0 unspecified atom stereocenters. The quantitative estimate of drug-likeness (QED) is 0.286. The molecule has 2 rings (SSSR count). The number of thiophene rings is 1. The number of hydrogen-bond acceptors (Lipinski definition) is 8. The Hall–Kier alpha value is -2.37. The maximum Gasteiger partial charge on any atom is 0.341 e. The highest BCUT2D eigenvalue weighted by molar-refractivity contribution is 7.99. The van der Waals surface area contributed by atoms with Crippen LogP contribution in [-0.4, -0.2) is 53.4 Å². The summed E-state index contributed by atoms with van der Waals surface area (Å²) in [6, 6.07) is 0. The number of nitrogens with two attached hydrogens (primary N) is 1. The first-order valence-corrected chi connectivity index (χ1v) is 11.9. The molecule has 2 aromatic heterocycles. The molecule has 0 radical (unpaired) electrons. The van der Waals surface area contributed by atoms with Crippen molar-refractivity contribution in [3.63, 3.8) is 0 Å². The number of ether oxygens (including phenoxy) is 2. The highest BCUT2D eigenvalue weighted by Gasteiger charge is 2.26. The average Bonchev–Trinajstić information content (AvgIpc) is 3.17. The Bertz CT molecular complexity index is 997. The van der Waals surface area contributed by atoms with Crippen molar-refractivity contribution in [1.82, 2.24) is 9.55 Å². The van der Waals surface area contributed by atoms with E-state index in [4.69, 9.17) is 15.2 Å². The van der Waals surface area contributed by atoms with Crippen LogP contribution in [0.4, 0.5) is 5.00 Å². The Morgan fingerprint density at radius 2 is 1.91 bits per heavy atom. The van der Waals surface area contributed by atoms with Gasteiger partial charge in [-0.2, -0.15) is 0 Å². The van der Waals surface area contributed by atoms with Gasteiger partial charge in [0, 0.05) is 19.3 Å². The summed E-state index contributed by atoms with van der Waals surface area (Å²) in [4.78, 5) is 41.8. The number of methoxy groups -OCH3 is 1. The Morgan fingerprint density at radius 3 is 2.50 bits per heavy atom. The Morgan fingerprint density at radius 1 is 1.22 bits per heavy atom. The van der Waals surface area contributed by atoms with Gasteiger partial charge in [-0.05, 0) is 32.3 Å². The molecule has 0 spiro atoms. The third kappa shape index (κ3) is 6.33. The van der Waals surface area contributed by atoms with Crippen molar-refractivity contribution in [3.8, 4) is 0 Å². The highest BCUT2D eigenvalue weighted by Crippen LogP contribution is 2.34. The molecule has 2 aromatic rings. The number of thioether (sulfide) groups is 1. The van der Waals surface area contributed by atoms with E-state index in [1.54, 1.807) is 6.92 Å². The largest absolute Gasteiger partial charge is 0.460 e. The number of nitrogens with one attached hydrogen (secondary N) is 1. The van der Waals surface area contributed by atoms with Gasteiger partial charge in [0.1, 0.15) is 11.6 Å². The van der Waals surface area contributed by atoms with Gasteiger partial charge in [0.25, 0.3) is 5.91 Å². The number of aromatic nitrogens is 2. The molecule has 32 heavy (non-hydrogen) atoms. The van der Waals surface area contributed by atoms with E-state index in [0.717, 1.165) is 34.4 Å². The predicted octanol–water partition coefficient (Wildman–Crippen LogP) is 3.16. The van der Waals surface area contributed by atoms with Gasteiger partial charge in [-0.3, -0.25) is 9.59 Å². The van der Waals surface area contributed by atoms with Crippen LogP contribution in [0.25, 0.3) is 0 Å². The van der Waals surface area contributed by atoms with Gasteiger partial charge in [0.05, 0.1) is 28.5 Å². The summed E-state index contributed by atoms with van der Waals surface area (Å²) in [6.45, 7) is 10.9. The number of hydrogen-bond donors (Lipinski definition) is 2. The minimum atomic E-state index is -0.671. The second-order valence-corrected chi connectivity index (χ2v) is 9.62. The molecule has 0 bridgehead atoms. The Balaban J connectivity index is 2.18. The number of amides is 2. The maximum atomic E-state index is 12.7. The summed E-state index contributed by atoms with van der Waals surface area (Å²) in [5.74, 6) is -1.12. The number of carbonyl (C=O) groups is 3. The molecule has 0 aliphatic rings. The SMILES string of the molecule is COCCOC(=O)c1c(NC(=O)CSc2nc(C)c(C)n2CC(C)C)sc(C(N)=O)c1C. The first kappa shape index (κ1) is 25.9. The summed E-state index contributed by atoms with van der Waals surface area (Å²) in [7, 11) is 1.49. The fraction of sp³-hybridized carbons (Fsp3) is 0.524. The van der Waals surface area contributed by atoms with Crippen LogP contribution in [0.2, 0.25) is 0 Å². The van der Waals surface area contributed by atoms with Crippen LogP contribution in [0.15, 0.2) is 5.16 Å². The van der Waals surface area contributed by atoms with Gasteiger partial charge in [-0.1, -0.05) is 25.6 Å². The number of esters is 1. The van der Waals surface area contributed by atoms with Crippen molar-refractivity contribution >= 4 is 45.9 Å². The van der Waals surface area contributed by atoms with Gasteiger partial charge in [0.15, 0.2) is 5.16 Å². The average molecular weight is 483 g/mol. The molecule has 11 heteroatoms. The molecule has 0 saturated heterocycles. The normalized spacial score (nSPS) is 11.1. The van der Waals surface area contributed by atoms with Crippen molar-refractivity contribution in [2.45, 2.75) is 46.3 Å². The van der Waals surface area contributed by atoms with E-state index in [1.807, 2.05) is 13.8 Å². The summed E-state index contributed by atoms with van der Waals surface area (Å²) < 4.78 is 12.2. The minimum Gasteiger partial charge on any atom is -0.460 e. The number of nitrogens with zero attached hydrogens (tertiary/aromatic N) is 2. The maximum absolute atomic E-state index is 12.7. The van der Waals surface area contributed by atoms with Crippen LogP contribution in [0.5, 0.6) is 0 Å². The highest BCUT2D eigenvalue weighted by atomic mass is 32.2. The zero-order valence-electron chi connectivity index (χ0n) is 19.2. The number of imidazole rings is 1. The molecule has 0 fully saturated rings. The number of carbonyl (C=O) groups excluding carboxylic acids is 3. The molecule has 2 amide bonds. The predicted molar refractivity (Wildman–Crippen MR) is 126 cm³/mol. The van der Waals surface area contributed by atoms with E-state index in [1.165, 1.54) is 18.9 Å². The van der Waals surface area contributed by atoms with E-state index in [0.29, 0.717) is 11.5 Å². The van der Waals surface area contributed by atoms with Gasteiger partial charge >= 0.3 is 5.97 Å². The van der Waals surface area contributed by atoms with E-state index in [9.17, 15) is 14.4 Å². The van der Waals surface area contributed by atoms with Crippen LogP contribution >= 0.6 is 23.1 Å². The number of primary amides is 1. The van der Waals surface area contributed by atoms with Crippen LogP contribution in [0.1, 0.15) is 50.8 Å². The zero-order valence-corrected chi connectivity index (χ0v) is 20.9. The van der Waals surface area contributed by atoms with Gasteiger partial charge in [-0.15, -0.1) is 11.3 Å². The summed E-state index contributed by atoms with van der Waals surface area (Å²) in [6.07, 6.45) is 0. The van der Waals surface area contributed by atoms with E-state index in [-0.39, 0.29) is 40.3 Å². The summed E-state index contributed by atoms with van der Waals surface area (Å²) >= 11 is 2.28. The molecule has 176 valence electrons. The second-order valence-electron chi connectivity index (χ2n) is 7.66. The van der Waals surface area contributed by atoms with E-state index < -0.39 is 11.9 Å². The van der Waals surface area contributed by atoms with Gasteiger partial charge in [0.2, 0.25) is 5.91 Å². The fourth-order valence-electron chi connectivity index (χ4n) is 2.98. The van der Waals surface area contributed by atoms with Crippen LogP contribution < -0.4 is 11.1 Å². The first-order chi connectivity index (χ1) is 15.1. The monoisotopic (exact) mass is 482 g/mol. The van der Waals surface area contributed by atoms with Crippen LogP contribution in [-0.2, 0) is 20.8 Å². The lowest BCUT2D eigenvalue weighted by atomic mass is 10.1. The van der Waals surface area contributed by atoms with Crippen molar-refractivity contribution in [1.29, 1.82) is 0 Å². The molecule has 9 nitrogen and oxygen atoms in total. The number of rotatable bonds is 11.